The number of allylic oxidation sites excluding steroid dienone is 1. The molecule has 132 valence electrons. The van der Waals surface area contributed by atoms with Crippen LogP contribution < -0.4 is 0 Å². The van der Waals surface area contributed by atoms with Crippen LogP contribution in [0, 0.1) is 0 Å². The van der Waals surface area contributed by atoms with Gasteiger partial charge in [-0.05, 0) is 39.2 Å². The van der Waals surface area contributed by atoms with Gasteiger partial charge in [0.25, 0.3) is 0 Å². The maximum atomic E-state index is 10.6. The van der Waals surface area contributed by atoms with Crippen LogP contribution in [0.15, 0.2) is 36.5 Å². The van der Waals surface area contributed by atoms with E-state index in [1.54, 1.807) is 13.8 Å². The molecular weight excluding hydrogens is 296 g/mol. The number of carboxylic acids is 1. The summed E-state index contributed by atoms with van der Waals surface area (Å²) < 4.78 is 4.71. The van der Waals surface area contributed by atoms with Gasteiger partial charge in [-0.2, -0.15) is 0 Å². The number of carbonyl (C=O) groups excluding carboxylic acids is 2. The number of carboxylic acid groups (broad SMARTS) is 1. The van der Waals surface area contributed by atoms with Crippen molar-refractivity contribution >= 4 is 17.7 Å². The number of ether oxygens (including phenoxy) is 1. The Labute approximate surface area is 139 Å². The molecule has 0 spiro atoms. The van der Waals surface area contributed by atoms with Crippen LogP contribution in [0.2, 0.25) is 0 Å². The Morgan fingerprint density at radius 3 is 1.52 bits per heavy atom. The molecule has 0 aromatic heterocycles. The number of ketones is 1. The van der Waals surface area contributed by atoms with Crippen molar-refractivity contribution in [2.75, 3.05) is 6.61 Å². The number of hydrogen-bond acceptors (Lipinski definition) is 4. The average molecular weight is 326 g/mol. The minimum absolute atomic E-state index is 0.0648. The van der Waals surface area contributed by atoms with Gasteiger partial charge in [-0.15, -0.1) is 0 Å². The van der Waals surface area contributed by atoms with E-state index in [1.807, 2.05) is 13.8 Å². The van der Waals surface area contributed by atoms with Crippen molar-refractivity contribution in [2.24, 2.45) is 0 Å². The first-order valence-electron chi connectivity index (χ1n) is 7.41. The molecule has 0 fully saturated rings. The molecule has 1 N–H and O–H groups in total. The number of Topliss-reactive ketones (excluding diaryl/α,β-unsaturated/α-hetero) is 1. The van der Waals surface area contributed by atoms with Gasteiger partial charge in [0, 0.05) is 11.1 Å². The third kappa shape index (κ3) is 22.3. The number of carbonyl (C=O) groups is 3. The van der Waals surface area contributed by atoms with Gasteiger partial charge in [-0.3, -0.25) is 4.79 Å². The van der Waals surface area contributed by atoms with Gasteiger partial charge in [0.1, 0.15) is 0 Å². The SMILES string of the molecule is C=C(C)C(=O)OCCC.C=C(C)C(C)=O.C=C(CCC)C(=O)O. The molecule has 0 unspecified atom stereocenters. The summed E-state index contributed by atoms with van der Waals surface area (Å²) in [6.07, 6.45) is 2.31. The Morgan fingerprint density at radius 2 is 1.35 bits per heavy atom. The molecule has 0 amide bonds. The summed E-state index contributed by atoms with van der Waals surface area (Å²) in [5.74, 6) is -1.11. The molecule has 5 nitrogen and oxygen atoms in total. The normalized spacial score (nSPS) is 8.39. The fraction of sp³-hybridized carbons (Fsp3) is 0.500. The lowest BCUT2D eigenvalue weighted by Gasteiger charge is -1.99. The van der Waals surface area contributed by atoms with Crippen LogP contribution in [-0.4, -0.2) is 29.4 Å². The summed E-state index contributed by atoms with van der Waals surface area (Å²) in [4.78, 5) is 30.6. The predicted octanol–water partition coefficient (Wildman–Crippen LogP) is 4.09. The molecule has 5 heteroatoms. The zero-order valence-electron chi connectivity index (χ0n) is 15.0. The van der Waals surface area contributed by atoms with Crippen LogP contribution in [0.1, 0.15) is 53.9 Å². The molecule has 23 heavy (non-hydrogen) atoms. The Morgan fingerprint density at radius 1 is 0.913 bits per heavy atom. The molecule has 0 bridgehead atoms. The maximum Gasteiger partial charge on any atom is 0.333 e. The van der Waals surface area contributed by atoms with E-state index in [-0.39, 0.29) is 11.8 Å². The number of hydrogen-bond donors (Lipinski definition) is 1. The first-order valence-corrected chi connectivity index (χ1v) is 7.41. The van der Waals surface area contributed by atoms with Gasteiger partial charge < -0.3 is 9.84 Å². The van der Waals surface area contributed by atoms with E-state index in [1.165, 1.54) is 6.92 Å². The summed E-state index contributed by atoms with van der Waals surface area (Å²) in [5.41, 5.74) is 1.38. The quantitative estimate of drug-likeness (QED) is 0.563. The second kappa shape index (κ2) is 16.2. The maximum absolute atomic E-state index is 10.6. The van der Waals surface area contributed by atoms with Crippen LogP contribution in [0.5, 0.6) is 0 Å². The highest BCUT2D eigenvalue weighted by atomic mass is 16.5. The lowest BCUT2D eigenvalue weighted by molar-refractivity contribution is -0.139. The first kappa shape index (κ1) is 25.8. The Balaban J connectivity index is -0.000000266. The van der Waals surface area contributed by atoms with Crippen molar-refractivity contribution in [1.29, 1.82) is 0 Å². The van der Waals surface area contributed by atoms with Crippen LogP contribution in [0.3, 0.4) is 0 Å². The van der Waals surface area contributed by atoms with Crippen molar-refractivity contribution < 1.29 is 24.2 Å². The molecule has 0 saturated carbocycles. The monoisotopic (exact) mass is 326 g/mol. The molecule has 0 aliphatic carbocycles. The molecule has 0 aromatic carbocycles. The van der Waals surface area contributed by atoms with Crippen molar-refractivity contribution in [3.8, 4) is 0 Å². The fourth-order valence-electron chi connectivity index (χ4n) is 0.727. The van der Waals surface area contributed by atoms with Gasteiger partial charge in [0.05, 0.1) is 6.61 Å². The molecular formula is C18H30O5. The molecule has 0 aliphatic heterocycles. The molecule has 0 aliphatic rings. The van der Waals surface area contributed by atoms with Gasteiger partial charge in [0.2, 0.25) is 0 Å². The smallest absolute Gasteiger partial charge is 0.333 e. The zero-order valence-corrected chi connectivity index (χ0v) is 15.0. The summed E-state index contributed by atoms with van der Waals surface area (Å²) in [6, 6.07) is 0. The third-order valence-electron chi connectivity index (χ3n) is 2.24. The third-order valence-corrected chi connectivity index (χ3v) is 2.24. The Bertz CT molecular complexity index is 421. The van der Waals surface area contributed by atoms with Crippen molar-refractivity contribution in [2.45, 2.75) is 53.9 Å². The van der Waals surface area contributed by atoms with E-state index in [4.69, 9.17) is 9.84 Å². The highest BCUT2D eigenvalue weighted by Crippen LogP contribution is 1.99. The van der Waals surface area contributed by atoms with Gasteiger partial charge in [0.15, 0.2) is 5.78 Å². The second-order valence-corrected chi connectivity index (χ2v) is 4.91. The van der Waals surface area contributed by atoms with Crippen molar-refractivity contribution in [3.05, 3.63) is 36.5 Å². The number of rotatable bonds is 7. The molecule has 0 rings (SSSR count). The van der Waals surface area contributed by atoms with Gasteiger partial charge in [-0.25, -0.2) is 9.59 Å². The summed E-state index contributed by atoms with van der Waals surface area (Å²) >= 11 is 0. The second-order valence-electron chi connectivity index (χ2n) is 4.91. The minimum atomic E-state index is -0.883. The van der Waals surface area contributed by atoms with E-state index in [9.17, 15) is 14.4 Å². The van der Waals surface area contributed by atoms with Crippen LogP contribution in [0.25, 0.3) is 0 Å². The molecule has 0 radical (unpaired) electrons. The lowest BCUT2D eigenvalue weighted by atomic mass is 10.2. The van der Waals surface area contributed by atoms with Crippen LogP contribution >= 0.6 is 0 Å². The molecule has 0 atom stereocenters. The van der Waals surface area contributed by atoms with Gasteiger partial charge >= 0.3 is 11.9 Å². The standard InChI is InChI=1S/C7H12O2.C6H10O2.C5H8O/c1-4-5-9-7(8)6(2)3;1-3-4-5(2)6(7)8;1-4(2)5(3)6/h2,4-5H2,1,3H3;2-4H2,1H3,(H,7,8);1H2,2-3H3. The fourth-order valence-corrected chi connectivity index (χ4v) is 0.727. The highest BCUT2D eigenvalue weighted by molar-refractivity contribution is 5.91. The van der Waals surface area contributed by atoms with E-state index in [0.29, 0.717) is 29.7 Å². The van der Waals surface area contributed by atoms with E-state index >= 15 is 0 Å². The minimum Gasteiger partial charge on any atom is -0.478 e. The zero-order chi connectivity index (χ0) is 19.0. The Kier molecular flexibility index (Phi) is 18.2. The van der Waals surface area contributed by atoms with Gasteiger partial charge in [-0.1, -0.05) is 40.0 Å². The van der Waals surface area contributed by atoms with Crippen LogP contribution in [-0.2, 0) is 19.1 Å². The first-order chi connectivity index (χ1) is 10.5. The van der Waals surface area contributed by atoms with E-state index < -0.39 is 5.97 Å². The topological polar surface area (TPSA) is 80.7 Å². The summed E-state index contributed by atoms with van der Waals surface area (Å²) in [7, 11) is 0. The highest BCUT2D eigenvalue weighted by Gasteiger charge is 2.00. The Hall–Kier alpha value is -2.17. The summed E-state index contributed by atoms with van der Waals surface area (Å²) in [5, 5.41) is 8.21. The van der Waals surface area contributed by atoms with E-state index in [2.05, 4.69) is 19.7 Å². The number of esters is 1. The summed E-state index contributed by atoms with van der Waals surface area (Å²) in [6.45, 7) is 19.4. The predicted molar refractivity (Wildman–Crippen MR) is 93.2 cm³/mol. The van der Waals surface area contributed by atoms with Crippen molar-refractivity contribution in [1.82, 2.24) is 0 Å². The molecule has 0 heterocycles. The van der Waals surface area contributed by atoms with Crippen molar-refractivity contribution in [3.63, 3.8) is 0 Å². The number of aliphatic carboxylic acids is 1. The van der Waals surface area contributed by atoms with E-state index in [0.717, 1.165) is 12.8 Å². The molecule has 0 saturated heterocycles. The van der Waals surface area contributed by atoms with Crippen LogP contribution in [0.4, 0.5) is 0 Å². The average Bonchev–Trinajstić information content (AvgIpc) is 2.45. The molecule has 0 aromatic rings. The lowest BCUT2D eigenvalue weighted by Crippen LogP contribution is -2.04. The largest absolute Gasteiger partial charge is 0.478 e.